The molecule has 0 radical (unpaired) electrons. The Morgan fingerprint density at radius 2 is 1.78 bits per heavy atom. The highest BCUT2D eigenvalue weighted by Crippen LogP contribution is 2.23. The SMILES string of the molecule is COc1ccc(C)cc1CN(C)C(=O)c1cccc(NS(=O)(=O)c2ccc(F)c(F)c2)c1. The van der Waals surface area contributed by atoms with Crippen molar-refractivity contribution in [3.8, 4) is 5.75 Å². The van der Waals surface area contributed by atoms with Crippen molar-refractivity contribution in [2.24, 2.45) is 0 Å². The zero-order chi connectivity index (χ0) is 23.5. The molecule has 32 heavy (non-hydrogen) atoms. The fraction of sp³-hybridized carbons (Fsp3) is 0.174. The van der Waals surface area contributed by atoms with Gasteiger partial charge in [0, 0.05) is 30.4 Å². The topological polar surface area (TPSA) is 75.7 Å². The number of halogens is 2. The quantitative estimate of drug-likeness (QED) is 0.569. The molecule has 0 aliphatic heterocycles. The van der Waals surface area contributed by atoms with Gasteiger partial charge in [-0.3, -0.25) is 9.52 Å². The van der Waals surface area contributed by atoms with Crippen molar-refractivity contribution < 1.29 is 26.7 Å². The molecule has 3 aromatic rings. The molecule has 168 valence electrons. The lowest BCUT2D eigenvalue weighted by molar-refractivity contribution is 0.0784. The van der Waals surface area contributed by atoms with Crippen LogP contribution < -0.4 is 9.46 Å². The number of methoxy groups -OCH3 is 1. The van der Waals surface area contributed by atoms with Gasteiger partial charge < -0.3 is 9.64 Å². The number of aryl methyl sites for hydroxylation is 1. The number of anilines is 1. The second kappa shape index (κ2) is 9.35. The van der Waals surface area contributed by atoms with E-state index < -0.39 is 26.6 Å². The van der Waals surface area contributed by atoms with Crippen molar-refractivity contribution in [2.45, 2.75) is 18.4 Å². The van der Waals surface area contributed by atoms with Gasteiger partial charge in [-0.25, -0.2) is 17.2 Å². The summed E-state index contributed by atoms with van der Waals surface area (Å²) in [6.45, 7) is 2.22. The van der Waals surface area contributed by atoms with Crippen LogP contribution in [0.25, 0.3) is 0 Å². The Hall–Kier alpha value is -3.46. The van der Waals surface area contributed by atoms with Crippen LogP contribution in [0.5, 0.6) is 5.75 Å². The predicted octanol–water partition coefficient (Wildman–Crippen LogP) is 4.35. The lowest BCUT2D eigenvalue weighted by Crippen LogP contribution is -2.26. The number of carbonyl (C=O) groups excluding carboxylic acids is 1. The number of hydrogen-bond acceptors (Lipinski definition) is 4. The Balaban J connectivity index is 1.80. The summed E-state index contributed by atoms with van der Waals surface area (Å²) in [5.41, 5.74) is 2.22. The smallest absolute Gasteiger partial charge is 0.261 e. The summed E-state index contributed by atoms with van der Waals surface area (Å²) in [5, 5.41) is 0. The molecule has 0 unspecified atom stereocenters. The Kier molecular flexibility index (Phi) is 6.78. The molecule has 0 bridgehead atoms. The monoisotopic (exact) mass is 460 g/mol. The number of sulfonamides is 1. The molecule has 1 amide bonds. The van der Waals surface area contributed by atoms with E-state index in [1.165, 1.54) is 23.1 Å². The zero-order valence-corrected chi connectivity index (χ0v) is 18.5. The first-order valence-corrected chi connectivity index (χ1v) is 11.1. The Bertz CT molecular complexity index is 1260. The molecule has 3 rings (SSSR count). The average Bonchev–Trinajstić information content (AvgIpc) is 2.75. The van der Waals surface area contributed by atoms with Crippen LogP contribution in [-0.2, 0) is 16.6 Å². The predicted molar refractivity (Wildman–Crippen MR) is 117 cm³/mol. The first-order chi connectivity index (χ1) is 15.1. The van der Waals surface area contributed by atoms with Gasteiger partial charge in [-0.15, -0.1) is 0 Å². The van der Waals surface area contributed by atoms with E-state index in [0.717, 1.165) is 23.3 Å². The van der Waals surface area contributed by atoms with Crippen molar-refractivity contribution in [1.29, 1.82) is 0 Å². The number of ether oxygens (including phenoxy) is 1. The minimum atomic E-state index is -4.18. The highest BCUT2D eigenvalue weighted by atomic mass is 32.2. The van der Waals surface area contributed by atoms with Crippen LogP contribution in [0.15, 0.2) is 65.6 Å². The standard InChI is InChI=1S/C23H22F2N2O4S/c1-15-7-10-22(31-3)17(11-15)14-27(2)23(28)16-5-4-6-18(12-16)26-32(29,30)19-8-9-20(24)21(25)13-19/h4-13,26H,14H2,1-3H3. The van der Waals surface area contributed by atoms with Crippen molar-refractivity contribution in [1.82, 2.24) is 4.90 Å². The number of carbonyl (C=O) groups is 1. The molecule has 0 spiro atoms. The van der Waals surface area contributed by atoms with Crippen LogP contribution in [0.1, 0.15) is 21.5 Å². The molecule has 0 fully saturated rings. The van der Waals surface area contributed by atoms with E-state index in [1.807, 2.05) is 25.1 Å². The molecule has 3 aromatic carbocycles. The van der Waals surface area contributed by atoms with Gasteiger partial charge in [0.2, 0.25) is 0 Å². The molecular weight excluding hydrogens is 438 g/mol. The third-order valence-electron chi connectivity index (χ3n) is 4.75. The Labute approximate surface area is 185 Å². The zero-order valence-electron chi connectivity index (χ0n) is 17.7. The summed E-state index contributed by atoms with van der Waals surface area (Å²) in [6.07, 6.45) is 0. The summed E-state index contributed by atoms with van der Waals surface area (Å²) in [7, 11) is -0.994. The highest BCUT2D eigenvalue weighted by molar-refractivity contribution is 7.92. The molecule has 9 heteroatoms. The Morgan fingerprint density at radius 1 is 1.03 bits per heavy atom. The van der Waals surface area contributed by atoms with E-state index in [9.17, 15) is 22.0 Å². The van der Waals surface area contributed by atoms with Crippen molar-refractivity contribution in [3.63, 3.8) is 0 Å². The second-order valence-electron chi connectivity index (χ2n) is 7.24. The van der Waals surface area contributed by atoms with E-state index in [-0.39, 0.29) is 23.7 Å². The fourth-order valence-corrected chi connectivity index (χ4v) is 4.21. The van der Waals surface area contributed by atoms with Crippen molar-refractivity contribution in [2.75, 3.05) is 18.9 Å². The third-order valence-corrected chi connectivity index (χ3v) is 6.13. The summed E-state index contributed by atoms with van der Waals surface area (Å²) < 4.78 is 59.2. The normalized spacial score (nSPS) is 11.2. The van der Waals surface area contributed by atoms with Crippen LogP contribution in [-0.4, -0.2) is 33.4 Å². The summed E-state index contributed by atoms with van der Waals surface area (Å²) in [4.78, 5) is 14.0. The Morgan fingerprint density at radius 3 is 2.47 bits per heavy atom. The molecular formula is C23H22F2N2O4S. The first kappa shape index (κ1) is 23.2. The molecule has 0 aliphatic carbocycles. The molecule has 0 saturated heterocycles. The van der Waals surface area contributed by atoms with Crippen LogP contribution >= 0.6 is 0 Å². The van der Waals surface area contributed by atoms with Crippen LogP contribution in [0, 0.1) is 18.6 Å². The average molecular weight is 461 g/mol. The minimum Gasteiger partial charge on any atom is -0.496 e. The molecule has 0 aromatic heterocycles. The van der Waals surface area contributed by atoms with Crippen LogP contribution in [0.2, 0.25) is 0 Å². The van der Waals surface area contributed by atoms with Crippen molar-refractivity contribution in [3.05, 3.63) is 89.0 Å². The van der Waals surface area contributed by atoms with Gasteiger partial charge in [0.1, 0.15) is 5.75 Å². The summed E-state index contributed by atoms with van der Waals surface area (Å²) in [6, 6.07) is 13.9. The fourth-order valence-electron chi connectivity index (χ4n) is 3.15. The molecule has 0 atom stereocenters. The van der Waals surface area contributed by atoms with Crippen LogP contribution in [0.4, 0.5) is 14.5 Å². The van der Waals surface area contributed by atoms with E-state index >= 15 is 0 Å². The van der Waals surface area contributed by atoms with Crippen LogP contribution in [0.3, 0.4) is 0 Å². The lowest BCUT2D eigenvalue weighted by Gasteiger charge is -2.20. The second-order valence-corrected chi connectivity index (χ2v) is 8.92. The molecule has 0 heterocycles. The number of nitrogens with zero attached hydrogens (tertiary/aromatic N) is 1. The van der Waals surface area contributed by atoms with E-state index in [0.29, 0.717) is 11.8 Å². The third kappa shape index (κ3) is 5.23. The van der Waals surface area contributed by atoms with Gasteiger partial charge in [0.25, 0.3) is 15.9 Å². The highest BCUT2D eigenvalue weighted by Gasteiger charge is 2.19. The molecule has 6 nitrogen and oxygen atoms in total. The van der Waals surface area contributed by atoms with E-state index in [4.69, 9.17) is 4.74 Å². The number of rotatable bonds is 7. The lowest BCUT2D eigenvalue weighted by atomic mass is 10.1. The number of amides is 1. The van der Waals surface area contributed by atoms with Gasteiger partial charge in [0.05, 0.1) is 12.0 Å². The summed E-state index contributed by atoms with van der Waals surface area (Å²) >= 11 is 0. The van der Waals surface area contributed by atoms with E-state index in [1.54, 1.807) is 20.2 Å². The number of benzene rings is 3. The van der Waals surface area contributed by atoms with E-state index in [2.05, 4.69) is 4.72 Å². The number of hydrogen-bond donors (Lipinski definition) is 1. The maximum Gasteiger partial charge on any atom is 0.261 e. The van der Waals surface area contributed by atoms with Gasteiger partial charge in [-0.2, -0.15) is 0 Å². The van der Waals surface area contributed by atoms with Gasteiger partial charge >= 0.3 is 0 Å². The minimum absolute atomic E-state index is 0.113. The molecule has 1 N–H and O–H groups in total. The van der Waals surface area contributed by atoms with Gasteiger partial charge in [0.15, 0.2) is 11.6 Å². The summed E-state index contributed by atoms with van der Waals surface area (Å²) in [5.74, 6) is -2.10. The maximum atomic E-state index is 13.4. The number of nitrogens with one attached hydrogen (secondary N) is 1. The molecule has 0 aliphatic rings. The molecule has 0 saturated carbocycles. The van der Waals surface area contributed by atoms with Gasteiger partial charge in [-0.1, -0.05) is 23.8 Å². The first-order valence-electron chi connectivity index (χ1n) is 9.57. The largest absolute Gasteiger partial charge is 0.496 e. The maximum absolute atomic E-state index is 13.4. The van der Waals surface area contributed by atoms with Crippen molar-refractivity contribution >= 4 is 21.6 Å². The van der Waals surface area contributed by atoms with Gasteiger partial charge in [-0.05, 0) is 49.4 Å².